The highest BCUT2D eigenvalue weighted by atomic mass is 16.3. The third kappa shape index (κ3) is 2.39. The Morgan fingerprint density at radius 3 is 3.00 bits per heavy atom. The SMILES string of the molecule is CC(C)C(O)C(=O)C1CCCc2cccnc21. The van der Waals surface area contributed by atoms with Crippen molar-refractivity contribution >= 4 is 5.78 Å². The van der Waals surface area contributed by atoms with E-state index >= 15 is 0 Å². The van der Waals surface area contributed by atoms with Gasteiger partial charge in [-0.1, -0.05) is 19.9 Å². The minimum absolute atomic E-state index is 0.0309. The van der Waals surface area contributed by atoms with Crippen molar-refractivity contribution in [2.45, 2.75) is 45.1 Å². The standard InChI is InChI=1S/C14H19NO2/c1-9(2)13(16)14(17)11-7-3-5-10-6-4-8-15-12(10)11/h4,6,8-9,11,13,16H,3,5,7H2,1-2H3. The Bertz CT molecular complexity index is 414. The molecule has 0 spiro atoms. The molecule has 0 aliphatic heterocycles. The minimum Gasteiger partial charge on any atom is -0.385 e. The summed E-state index contributed by atoms with van der Waals surface area (Å²) in [5, 5.41) is 9.90. The highest BCUT2D eigenvalue weighted by Crippen LogP contribution is 2.32. The molecule has 1 aliphatic carbocycles. The van der Waals surface area contributed by atoms with Gasteiger partial charge in [-0.2, -0.15) is 0 Å². The number of carbonyl (C=O) groups excluding carboxylic acids is 1. The van der Waals surface area contributed by atoms with E-state index in [-0.39, 0.29) is 17.6 Å². The van der Waals surface area contributed by atoms with Crippen LogP contribution in [0.25, 0.3) is 0 Å². The number of rotatable bonds is 3. The van der Waals surface area contributed by atoms with E-state index in [9.17, 15) is 9.90 Å². The van der Waals surface area contributed by atoms with Crippen molar-refractivity contribution in [1.29, 1.82) is 0 Å². The molecular weight excluding hydrogens is 214 g/mol. The van der Waals surface area contributed by atoms with E-state index < -0.39 is 6.10 Å². The van der Waals surface area contributed by atoms with Gasteiger partial charge in [-0.05, 0) is 36.8 Å². The van der Waals surface area contributed by atoms with Gasteiger partial charge in [0.05, 0.1) is 11.6 Å². The lowest BCUT2D eigenvalue weighted by Gasteiger charge is -2.26. The van der Waals surface area contributed by atoms with E-state index in [1.807, 2.05) is 26.0 Å². The first-order valence-corrected chi connectivity index (χ1v) is 6.27. The summed E-state index contributed by atoms with van der Waals surface area (Å²) >= 11 is 0. The molecule has 3 heteroatoms. The van der Waals surface area contributed by atoms with Crippen molar-refractivity contribution in [3.05, 3.63) is 29.6 Å². The molecule has 2 atom stereocenters. The third-order valence-electron chi connectivity index (χ3n) is 3.46. The van der Waals surface area contributed by atoms with Crippen LogP contribution in [0.2, 0.25) is 0 Å². The van der Waals surface area contributed by atoms with Gasteiger partial charge in [0.1, 0.15) is 6.10 Å². The zero-order valence-electron chi connectivity index (χ0n) is 10.4. The lowest BCUT2D eigenvalue weighted by Crippen LogP contribution is -2.33. The highest BCUT2D eigenvalue weighted by molar-refractivity contribution is 5.89. The number of Topliss-reactive ketones (excluding diaryl/α,β-unsaturated/α-hetero) is 1. The number of carbonyl (C=O) groups is 1. The summed E-state index contributed by atoms with van der Waals surface area (Å²) in [7, 11) is 0. The maximum Gasteiger partial charge on any atom is 0.170 e. The molecule has 92 valence electrons. The largest absolute Gasteiger partial charge is 0.385 e. The van der Waals surface area contributed by atoms with Crippen LogP contribution in [0.1, 0.15) is 43.9 Å². The number of hydrogen-bond acceptors (Lipinski definition) is 3. The quantitative estimate of drug-likeness (QED) is 0.869. The Hall–Kier alpha value is -1.22. The van der Waals surface area contributed by atoms with Crippen LogP contribution in [0.4, 0.5) is 0 Å². The average molecular weight is 233 g/mol. The van der Waals surface area contributed by atoms with Gasteiger partial charge >= 0.3 is 0 Å². The molecule has 0 radical (unpaired) electrons. The lowest BCUT2D eigenvalue weighted by atomic mass is 9.81. The third-order valence-corrected chi connectivity index (χ3v) is 3.46. The van der Waals surface area contributed by atoms with Crippen molar-refractivity contribution in [1.82, 2.24) is 4.98 Å². The van der Waals surface area contributed by atoms with Crippen molar-refractivity contribution in [2.24, 2.45) is 5.92 Å². The predicted octanol–water partition coefficient (Wildman–Crippen LogP) is 2.09. The van der Waals surface area contributed by atoms with Gasteiger partial charge < -0.3 is 5.11 Å². The second-order valence-corrected chi connectivity index (χ2v) is 5.08. The van der Waals surface area contributed by atoms with Crippen molar-refractivity contribution in [3.63, 3.8) is 0 Å². The van der Waals surface area contributed by atoms with E-state index in [4.69, 9.17) is 0 Å². The summed E-state index contributed by atoms with van der Waals surface area (Å²) in [5.41, 5.74) is 2.04. The van der Waals surface area contributed by atoms with Crippen molar-refractivity contribution in [3.8, 4) is 0 Å². The second-order valence-electron chi connectivity index (χ2n) is 5.08. The number of aliphatic hydroxyl groups is 1. The van der Waals surface area contributed by atoms with E-state index in [1.54, 1.807) is 6.20 Å². The summed E-state index contributed by atoms with van der Waals surface area (Å²) in [6.07, 6.45) is 3.66. The fraction of sp³-hybridized carbons (Fsp3) is 0.571. The molecule has 0 amide bonds. The Kier molecular flexibility index (Phi) is 3.57. The first-order chi connectivity index (χ1) is 8.11. The molecule has 0 bridgehead atoms. The van der Waals surface area contributed by atoms with Gasteiger partial charge in [-0.3, -0.25) is 9.78 Å². The molecule has 0 saturated carbocycles. The van der Waals surface area contributed by atoms with Gasteiger partial charge in [-0.25, -0.2) is 0 Å². The smallest absolute Gasteiger partial charge is 0.170 e. The van der Waals surface area contributed by atoms with E-state index in [0.717, 1.165) is 30.5 Å². The van der Waals surface area contributed by atoms with Gasteiger partial charge in [0.15, 0.2) is 5.78 Å². The number of fused-ring (bicyclic) bond motifs is 1. The topological polar surface area (TPSA) is 50.2 Å². The number of nitrogens with zero attached hydrogens (tertiary/aromatic N) is 1. The monoisotopic (exact) mass is 233 g/mol. The van der Waals surface area contributed by atoms with Crippen LogP contribution in [-0.2, 0) is 11.2 Å². The first-order valence-electron chi connectivity index (χ1n) is 6.27. The predicted molar refractivity (Wildman–Crippen MR) is 65.8 cm³/mol. The van der Waals surface area contributed by atoms with Crippen molar-refractivity contribution in [2.75, 3.05) is 0 Å². The number of ketones is 1. The Balaban J connectivity index is 2.27. The zero-order valence-corrected chi connectivity index (χ0v) is 10.4. The molecule has 1 aromatic rings. The van der Waals surface area contributed by atoms with Crippen LogP contribution in [0.3, 0.4) is 0 Å². The summed E-state index contributed by atoms with van der Waals surface area (Å²) in [6, 6.07) is 3.94. The van der Waals surface area contributed by atoms with Crippen LogP contribution < -0.4 is 0 Å². The Morgan fingerprint density at radius 1 is 1.53 bits per heavy atom. The molecule has 1 N–H and O–H groups in total. The summed E-state index contributed by atoms with van der Waals surface area (Å²) in [5.74, 6) is -0.311. The molecule has 1 heterocycles. The molecule has 0 fully saturated rings. The molecule has 1 aromatic heterocycles. The molecular formula is C14H19NO2. The van der Waals surface area contributed by atoms with Crippen LogP contribution in [0, 0.1) is 5.92 Å². The molecule has 17 heavy (non-hydrogen) atoms. The maximum atomic E-state index is 12.2. The number of aromatic nitrogens is 1. The minimum atomic E-state index is -0.868. The van der Waals surface area contributed by atoms with Crippen LogP contribution in [0.5, 0.6) is 0 Å². The van der Waals surface area contributed by atoms with E-state index in [0.29, 0.717) is 0 Å². The number of pyridine rings is 1. The summed E-state index contributed by atoms with van der Waals surface area (Å²) in [4.78, 5) is 16.5. The lowest BCUT2D eigenvalue weighted by molar-refractivity contribution is -0.131. The zero-order chi connectivity index (χ0) is 12.4. The Labute approximate surface area is 102 Å². The molecule has 2 unspecified atom stereocenters. The molecule has 0 aromatic carbocycles. The van der Waals surface area contributed by atoms with E-state index in [2.05, 4.69) is 4.98 Å². The normalized spacial score (nSPS) is 21.1. The summed E-state index contributed by atoms with van der Waals surface area (Å²) in [6.45, 7) is 3.73. The van der Waals surface area contributed by atoms with Gasteiger partial charge in [0.2, 0.25) is 0 Å². The van der Waals surface area contributed by atoms with Crippen molar-refractivity contribution < 1.29 is 9.90 Å². The van der Waals surface area contributed by atoms with Crippen LogP contribution >= 0.6 is 0 Å². The molecule has 1 aliphatic rings. The molecule has 0 saturated heterocycles. The summed E-state index contributed by atoms with van der Waals surface area (Å²) < 4.78 is 0. The Morgan fingerprint density at radius 2 is 2.29 bits per heavy atom. The number of hydrogen-bond donors (Lipinski definition) is 1. The highest BCUT2D eigenvalue weighted by Gasteiger charge is 2.32. The molecule has 3 nitrogen and oxygen atoms in total. The second kappa shape index (κ2) is 4.96. The number of aliphatic hydroxyl groups excluding tert-OH is 1. The van der Waals surface area contributed by atoms with Gasteiger partial charge in [0.25, 0.3) is 0 Å². The van der Waals surface area contributed by atoms with Crippen LogP contribution in [0.15, 0.2) is 18.3 Å². The van der Waals surface area contributed by atoms with E-state index in [1.165, 1.54) is 0 Å². The van der Waals surface area contributed by atoms with Crippen LogP contribution in [-0.4, -0.2) is 22.0 Å². The molecule has 2 rings (SSSR count). The fourth-order valence-corrected chi connectivity index (χ4v) is 2.42. The fourth-order valence-electron chi connectivity index (χ4n) is 2.42. The number of aryl methyl sites for hydroxylation is 1. The van der Waals surface area contributed by atoms with Gasteiger partial charge in [-0.15, -0.1) is 0 Å². The maximum absolute atomic E-state index is 12.2. The van der Waals surface area contributed by atoms with Gasteiger partial charge in [0, 0.05) is 6.20 Å². The first kappa shape index (κ1) is 12.2. The average Bonchev–Trinajstić information content (AvgIpc) is 2.36.